The number of nitrogens with zero attached hydrogens (tertiary/aromatic N) is 2. The molecule has 0 radical (unpaired) electrons. The molecule has 1 unspecified atom stereocenters. The van der Waals surface area contributed by atoms with Crippen molar-refractivity contribution in [1.29, 1.82) is 0 Å². The van der Waals surface area contributed by atoms with Crippen LogP contribution in [0.2, 0.25) is 0 Å². The lowest BCUT2D eigenvalue weighted by molar-refractivity contribution is 0.517. The second kappa shape index (κ2) is 8.35. The molecule has 1 atom stereocenters. The Morgan fingerprint density at radius 1 is 1.29 bits per heavy atom. The first-order chi connectivity index (χ1) is 10.3. The standard InChI is InChI=1S/C17H27N3S/c1-4-7-17-19-15(13-21-17)12-20-10-8-14(11-20)16(6-3)18-9-5-2/h8,10-11,13,16,18H,4-7,9,12H2,1-3H3. The smallest absolute Gasteiger partial charge is 0.0928 e. The van der Waals surface area contributed by atoms with Crippen molar-refractivity contribution < 1.29 is 0 Å². The fourth-order valence-electron chi connectivity index (χ4n) is 2.52. The average Bonchev–Trinajstić information content (AvgIpc) is 3.11. The molecule has 0 saturated heterocycles. The minimum Gasteiger partial charge on any atom is -0.348 e. The van der Waals surface area contributed by atoms with Crippen molar-refractivity contribution in [2.24, 2.45) is 0 Å². The lowest BCUT2D eigenvalue weighted by Gasteiger charge is -2.14. The molecular weight excluding hydrogens is 278 g/mol. The molecule has 1 N–H and O–H groups in total. The molecule has 0 fully saturated rings. The molecule has 0 amide bonds. The summed E-state index contributed by atoms with van der Waals surface area (Å²) in [4.78, 5) is 4.70. The predicted octanol–water partition coefficient (Wildman–Crippen LogP) is 4.40. The summed E-state index contributed by atoms with van der Waals surface area (Å²) in [5.74, 6) is 0. The zero-order valence-electron chi connectivity index (χ0n) is 13.4. The summed E-state index contributed by atoms with van der Waals surface area (Å²) in [7, 11) is 0. The minimum atomic E-state index is 0.470. The summed E-state index contributed by atoms with van der Waals surface area (Å²) in [5, 5.41) is 7.06. The van der Waals surface area contributed by atoms with Crippen LogP contribution in [-0.4, -0.2) is 16.1 Å². The first-order valence-electron chi connectivity index (χ1n) is 8.09. The zero-order chi connectivity index (χ0) is 15.1. The Balaban J connectivity index is 1.98. The third-order valence-electron chi connectivity index (χ3n) is 3.63. The molecule has 2 aromatic heterocycles. The molecule has 2 heterocycles. The van der Waals surface area contributed by atoms with E-state index in [4.69, 9.17) is 4.98 Å². The van der Waals surface area contributed by atoms with Crippen LogP contribution in [-0.2, 0) is 13.0 Å². The summed E-state index contributed by atoms with van der Waals surface area (Å²) < 4.78 is 2.25. The van der Waals surface area contributed by atoms with Crippen molar-refractivity contribution in [3.8, 4) is 0 Å². The highest BCUT2D eigenvalue weighted by atomic mass is 32.1. The van der Waals surface area contributed by atoms with Gasteiger partial charge in [-0.1, -0.05) is 20.8 Å². The predicted molar refractivity (Wildman–Crippen MR) is 91.0 cm³/mol. The molecule has 21 heavy (non-hydrogen) atoms. The molecule has 116 valence electrons. The van der Waals surface area contributed by atoms with Crippen LogP contribution >= 0.6 is 11.3 Å². The van der Waals surface area contributed by atoms with Crippen molar-refractivity contribution in [3.63, 3.8) is 0 Å². The Hall–Kier alpha value is -1.13. The molecule has 2 aromatic rings. The van der Waals surface area contributed by atoms with E-state index in [-0.39, 0.29) is 0 Å². The van der Waals surface area contributed by atoms with E-state index in [0.29, 0.717) is 6.04 Å². The number of hydrogen-bond acceptors (Lipinski definition) is 3. The molecule has 0 aromatic carbocycles. The van der Waals surface area contributed by atoms with E-state index in [2.05, 4.69) is 54.5 Å². The lowest BCUT2D eigenvalue weighted by atomic mass is 10.1. The third kappa shape index (κ3) is 4.68. The topological polar surface area (TPSA) is 29.9 Å². The van der Waals surface area contributed by atoms with Crippen LogP contribution in [0.3, 0.4) is 0 Å². The largest absolute Gasteiger partial charge is 0.348 e. The molecule has 2 rings (SSSR count). The fourth-order valence-corrected chi connectivity index (χ4v) is 3.41. The Bertz CT molecular complexity index is 530. The second-order valence-electron chi connectivity index (χ2n) is 5.51. The van der Waals surface area contributed by atoms with Crippen LogP contribution in [0.4, 0.5) is 0 Å². The van der Waals surface area contributed by atoms with Crippen molar-refractivity contribution in [3.05, 3.63) is 40.1 Å². The van der Waals surface area contributed by atoms with E-state index in [0.717, 1.165) is 25.9 Å². The number of nitrogens with one attached hydrogen (secondary N) is 1. The van der Waals surface area contributed by atoms with Crippen LogP contribution < -0.4 is 5.32 Å². The van der Waals surface area contributed by atoms with Gasteiger partial charge in [-0.05, 0) is 43.9 Å². The van der Waals surface area contributed by atoms with Gasteiger partial charge in [0.25, 0.3) is 0 Å². The van der Waals surface area contributed by atoms with Gasteiger partial charge in [-0.25, -0.2) is 4.98 Å². The zero-order valence-corrected chi connectivity index (χ0v) is 14.2. The van der Waals surface area contributed by atoms with Crippen molar-refractivity contribution >= 4 is 11.3 Å². The van der Waals surface area contributed by atoms with Crippen LogP contribution in [0.5, 0.6) is 0 Å². The number of hydrogen-bond donors (Lipinski definition) is 1. The van der Waals surface area contributed by atoms with Gasteiger partial charge < -0.3 is 9.88 Å². The van der Waals surface area contributed by atoms with Gasteiger partial charge in [0.2, 0.25) is 0 Å². The van der Waals surface area contributed by atoms with E-state index in [1.807, 2.05) is 0 Å². The van der Waals surface area contributed by atoms with Crippen molar-refractivity contribution in [2.75, 3.05) is 6.54 Å². The van der Waals surface area contributed by atoms with E-state index in [9.17, 15) is 0 Å². The Morgan fingerprint density at radius 2 is 2.14 bits per heavy atom. The molecule has 3 nitrogen and oxygen atoms in total. The quantitative estimate of drug-likeness (QED) is 0.744. The van der Waals surface area contributed by atoms with Gasteiger partial charge in [-0.3, -0.25) is 0 Å². The highest BCUT2D eigenvalue weighted by Gasteiger charge is 2.10. The van der Waals surface area contributed by atoms with Gasteiger partial charge in [-0.15, -0.1) is 11.3 Å². The van der Waals surface area contributed by atoms with Gasteiger partial charge >= 0.3 is 0 Å². The van der Waals surface area contributed by atoms with Crippen LogP contribution in [0.25, 0.3) is 0 Å². The summed E-state index contributed by atoms with van der Waals surface area (Å²) in [6.07, 6.45) is 9.00. The summed E-state index contributed by atoms with van der Waals surface area (Å²) in [5.41, 5.74) is 2.56. The van der Waals surface area contributed by atoms with Gasteiger partial charge in [0.05, 0.1) is 17.2 Å². The van der Waals surface area contributed by atoms with E-state index in [1.165, 1.54) is 29.1 Å². The molecule has 4 heteroatoms. The number of aryl methyl sites for hydroxylation is 1. The van der Waals surface area contributed by atoms with E-state index < -0.39 is 0 Å². The Morgan fingerprint density at radius 3 is 2.86 bits per heavy atom. The SMILES string of the molecule is CCCNC(CC)c1ccn(Cc2csc(CCC)n2)c1. The molecule has 0 aliphatic rings. The lowest BCUT2D eigenvalue weighted by Crippen LogP contribution is -2.21. The average molecular weight is 305 g/mol. The number of aromatic nitrogens is 2. The first-order valence-corrected chi connectivity index (χ1v) is 8.97. The summed E-state index contributed by atoms with van der Waals surface area (Å²) in [6, 6.07) is 2.70. The molecule has 0 aliphatic heterocycles. The Labute approximate surface area is 132 Å². The highest BCUT2D eigenvalue weighted by molar-refractivity contribution is 7.09. The van der Waals surface area contributed by atoms with Crippen LogP contribution in [0.15, 0.2) is 23.8 Å². The molecule has 0 spiro atoms. The molecule has 0 saturated carbocycles. The summed E-state index contributed by atoms with van der Waals surface area (Å²) >= 11 is 1.79. The Kier molecular flexibility index (Phi) is 6.46. The third-order valence-corrected chi connectivity index (χ3v) is 4.59. The highest BCUT2D eigenvalue weighted by Crippen LogP contribution is 2.18. The van der Waals surface area contributed by atoms with Gasteiger partial charge in [0.1, 0.15) is 0 Å². The van der Waals surface area contributed by atoms with Gasteiger partial charge in [-0.2, -0.15) is 0 Å². The van der Waals surface area contributed by atoms with E-state index in [1.54, 1.807) is 11.3 Å². The van der Waals surface area contributed by atoms with Crippen molar-refractivity contribution in [2.45, 2.75) is 59.0 Å². The number of thiazole rings is 1. The first kappa shape index (κ1) is 16.2. The van der Waals surface area contributed by atoms with Crippen LogP contribution in [0.1, 0.15) is 62.3 Å². The molecule has 0 aliphatic carbocycles. The van der Waals surface area contributed by atoms with Crippen molar-refractivity contribution in [1.82, 2.24) is 14.9 Å². The normalized spacial score (nSPS) is 12.7. The maximum Gasteiger partial charge on any atom is 0.0928 e. The second-order valence-corrected chi connectivity index (χ2v) is 6.46. The molecular formula is C17H27N3S. The maximum absolute atomic E-state index is 4.70. The van der Waals surface area contributed by atoms with Gasteiger partial charge in [0, 0.05) is 23.8 Å². The summed E-state index contributed by atoms with van der Waals surface area (Å²) in [6.45, 7) is 8.61. The molecule has 0 bridgehead atoms. The number of rotatable bonds is 9. The van der Waals surface area contributed by atoms with E-state index >= 15 is 0 Å². The maximum atomic E-state index is 4.70. The van der Waals surface area contributed by atoms with Gasteiger partial charge in [0.15, 0.2) is 0 Å². The monoisotopic (exact) mass is 305 g/mol. The van der Waals surface area contributed by atoms with Crippen LogP contribution in [0, 0.1) is 0 Å². The minimum absolute atomic E-state index is 0.470. The fraction of sp³-hybridized carbons (Fsp3) is 0.588.